The number of ether oxygens (including phenoxy) is 1. The maximum Gasteiger partial charge on any atom is 0.416 e. The van der Waals surface area contributed by atoms with Gasteiger partial charge in [-0.25, -0.2) is 4.79 Å². The molecule has 2 aromatic rings. The molecule has 1 aromatic carbocycles. The molecule has 3 rings (SSSR count). The summed E-state index contributed by atoms with van der Waals surface area (Å²) in [7, 11) is 1.50. The van der Waals surface area contributed by atoms with E-state index in [1.165, 1.54) is 36.0 Å². The van der Waals surface area contributed by atoms with Crippen LogP contribution in [0.15, 0.2) is 52.6 Å². The van der Waals surface area contributed by atoms with Gasteiger partial charge < -0.3 is 14.6 Å². The predicted octanol–water partition coefficient (Wildman–Crippen LogP) is 3.80. The Hall–Kier alpha value is -3.03. The fourth-order valence-corrected chi connectivity index (χ4v) is 3.46. The minimum absolute atomic E-state index is 0.00523. The van der Waals surface area contributed by atoms with Crippen molar-refractivity contribution in [2.45, 2.75) is 25.9 Å². The number of allylic oxidation sites excluding steroid dienone is 1. The van der Waals surface area contributed by atoms with Crippen molar-refractivity contribution in [1.29, 1.82) is 0 Å². The van der Waals surface area contributed by atoms with E-state index in [1.807, 2.05) is 0 Å². The molecule has 0 saturated heterocycles. The third-order valence-electron chi connectivity index (χ3n) is 4.68. The van der Waals surface area contributed by atoms with Crippen molar-refractivity contribution in [2.75, 3.05) is 11.9 Å². The molecule has 1 aliphatic heterocycles. The number of esters is 1. The summed E-state index contributed by atoms with van der Waals surface area (Å²) >= 11 is 0. The van der Waals surface area contributed by atoms with E-state index in [-0.39, 0.29) is 23.3 Å². The number of carbonyl (C=O) groups excluding carboxylic acids is 1. The summed E-state index contributed by atoms with van der Waals surface area (Å²) in [6.45, 7) is 3.24. The quantitative estimate of drug-likeness (QED) is 0.808. The number of alkyl halides is 3. The lowest BCUT2D eigenvalue weighted by Gasteiger charge is -2.31. The van der Waals surface area contributed by atoms with Crippen molar-refractivity contribution in [3.63, 3.8) is 0 Å². The molecule has 5 nitrogen and oxygen atoms in total. The molecule has 0 amide bonds. The van der Waals surface area contributed by atoms with Crippen LogP contribution in [0.4, 0.5) is 18.9 Å². The Morgan fingerprint density at radius 1 is 1.25 bits per heavy atom. The van der Waals surface area contributed by atoms with Crippen LogP contribution < -0.4 is 10.9 Å². The first-order chi connectivity index (χ1) is 13.2. The van der Waals surface area contributed by atoms with E-state index in [0.717, 1.165) is 6.07 Å². The average Bonchev–Trinajstić information content (AvgIpc) is 2.63. The third-order valence-corrected chi connectivity index (χ3v) is 4.68. The fraction of sp³-hybridized carbons (Fsp3) is 0.300. The molecule has 0 fully saturated rings. The van der Waals surface area contributed by atoms with E-state index in [9.17, 15) is 22.8 Å². The fourth-order valence-electron chi connectivity index (χ4n) is 3.46. The number of carbonyl (C=O) groups is 1. The van der Waals surface area contributed by atoms with Crippen molar-refractivity contribution in [2.24, 2.45) is 7.05 Å². The zero-order valence-electron chi connectivity index (χ0n) is 15.6. The molecular weight excluding hydrogens is 373 g/mol. The highest BCUT2D eigenvalue weighted by atomic mass is 19.4. The summed E-state index contributed by atoms with van der Waals surface area (Å²) in [5, 5.41) is 2.96. The number of hydrogen-bond acceptors (Lipinski definition) is 4. The zero-order chi connectivity index (χ0) is 20.6. The van der Waals surface area contributed by atoms with E-state index < -0.39 is 29.2 Å². The number of aryl methyl sites for hydroxylation is 1. The van der Waals surface area contributed by atoms with Gasteiger partial charge in [0.05, 0.1) is 29.2 Å². The van der Waals surface area contributed by atoms with Gasteiger partial charge in [-0.15, -0.1) is 0 Å². The Bertz CT molecular complexity index is 1020. The molecule has 1 atom stereocenters. The molecule has 1 N–H and O–H groups in total. The lowest BCUT2D eigenvalue weighted by molar-refractivity contribution is -0.140. The van der Waals surface area contributed by atoms with E-state index in [2.05, 4.69) is 5.32 Å². The monoisotopic (exact) mass is 392 g/mol. The number of halogens is 3. The summed E-state index contributed by atoms with van der Waals surface area (Å²) in [5.41, 5.74) is -0.750. The summed E-state index contributed by atoms with van der Waals surface area (Å²) in [6.07, 6.45) is -3.13. The minimum atomic E-state index is -4.64. The number of pyridine rings is 1. The molecule has 0 bridgehead atoms. The first-order valence-corrected chi connectivity index (χ1v) is 8.67. The molecule has 1 aliphatic rings. The van der Waals surface area contributed by atoms with Crippen LogP contribution >= 0.6 is 0 Å². The van der Waals surface area contributed by atoms with Crippen molar-refractivity contribution >= 4 is 11.7 Å². The molecule has 148 valence electrons. The maximum absolute atomic E-state index is 13.7. The van der Waals surface area contributed by atoms with Crippen LogP contribution in [0.2, 0.25) is 0 Å². The molecule has 8 heteroatoms. The van der Waals surface area contributed by atoms with Crippen molar-refractivity contribution in [1.82, 2.24) is 4.57 Å². The predicted molar refractivity (Wildman–Crippen MR) is 97.9 cm³/mol. The van der Waals surface area contributed by atoms with Gasteiger partial charge in [-0.2, -0.15) is 13.2 Å². The first-order valence-electron chi connectivity index (χ1n) is 8.67. The molecule has 0 aliphatic carbocycles. The van der Waals surface area contributed by atoms with Crippen molar-refractivity contribution < 1.29 is 22.7 Å². The van der Waals surface area contributed by atoms with Gasteiger partial charge >= 0.3 is 12.1 Å². The van der Waals surface area contributed by atoms with E-state index >= 15 is 0 Å². The van der Waals surface area contributed by atoms with E-state index in [1.54, 1.807) is 19.9 Å². The van der Waals surface area contributed by atoms with Gasteiger partial charge in [-0.1, -0.05) is 18.2 Å². The SMILES string of the molecule is CCOC(=O)C1=C(C)Nc2ccn(C)c(=O)c2C1c1ccccc1C(F)(F)F. The van der Waals surface area contributed by atoms with Gasteiger partial charge in [0.25, 0.3) is 5.56 Å². The van der Waals surface area contributed by atoms with E-state index in [4.69, 9.17) is 4.74 Å². The van der Waals surface area contributed by atoms with Crippen LogP contribution in [0, 0.1) is 0 Å². The molecule has 0 radical (unpaired) electrons. The highest BCUT2D eigenvalue weighted by Crippen LogP contribution is 2.44. The molecule has 0 spiro atoms. The Labute approximate surface area is 159 Å². The van der Waals surface area contributed by atoms with Gasteiger partial charge in [0, 0.05) is 24.6 Å². The first kappa shape index (κ1) is 19.7. The van der Waals surface area contributed by atoms with Gasteiger partial charge in [-0.05, 0) is 31.5 Å². The van der Waals surface area contributed by atoms with Gasteiger partial charge in [0.15, 0.2) is 0 Å². The Balaban J connectivity index is 2.37. The number of nitrogens with zero attached hydrogens (tertiary/aromatic N) is 1. The number of fused-ring (bicyclic) bond motifs is 1. The molecule has 28 heavy (non-hydrogen) atoms. The normalized spacial score (nSPS) is 16.4. The molecular formula is C20H19F3N2O3. The summed E-state index contributed by atoms with van der Waals surface area (Å²) in [5.74, 6) is -1.96. The molecule has 1 aromatic heterocycles. The standard InChI is InChI=1S/C20H19F3N2O3/c1-4-28-19(27)15-11(2)24-14-9-10-25(3)18(26)17(14)16(15)12-7-5-6-8-13(12)20(21,22)23/h5-10,16,24H,4H2,1-3H3. The highest BCUT2D eigenvalue weighted by Gasteiger charge is 2.41. The summed E-state index contributed by atoms with van der Waals surface area (Å²) < 4.78 is 47.5. The maximum atomic E-state index is 13.7. The Morgan fingerprint density at radius 3 is 2.57 bits per heavy atom. The Morgan fingerprint density at radius 2 is 1.93 bits per heavy atom. The van der Waals surface area contributed by atoms with E-state index in [0.29, 0.717) is 11.4 Å². The number of aromatic nitrogens is 1. The molecule has 2 heterocycles. The number of rotatable bonds is 3. The number of hydrogen-bond donors (Lipinski definition) is 1. The topological polar surface area (TPSA) is 60.3 Å². The summed E-state index contributed by atoms with van der Waals surface area (Å²) in [6, 6.07) is 6.57. The second-order valence-corrected chi connectivity index (χ2v) is 6.46. The van der Waals surface area contributed by atoms with Gasteiger partial charge in [-0.3, -0.25) is 4.79 Å². The lowest BCUT2D eigenvalue weighted by Crippen LogP contribution is -2.33. The minimum Gasteiger partial charge on any atom is -0.463 e. The summed E-state index contributed by atoms with van der Waals surface area (Å²) in [4.78, 5) is 25.5. The third kappa shape index (κ3) is 3.30. The van der Waals surface area contributed by atoms with Crippen molar-refractivity contribution in [3.8, 4) is 0 Å². The molecule has 1 unspecified atom stereocenters. The van der Waals surface area contributed by atoms with Gasteiger partial charge in [0.1, 0.15) is 0 Å². The van der Waals surface area contributed by atoms with Crippen LogP contribution in [0.5, 0.6) is 0 Å². The lowest BCUT2D eigenvalue weighted by atomic mass is 9.79. The van der Waals surface area contributed by atoms with Gasteiger partial charge in [0.2, 0.25) is 0 Å². The zero-order valence-corrected chi connectivity index (χ0v) is 15.6. The van der Waals surface area contributed by atoms with Crippen LogP contribution in [0.25, 0.3) is 0 Å². The average molecular weight is 392 g/mol. The number of benzene rings is 1. The highest BCUT2D eigenvalue weighted by molar-refractivity contribution is 5.94. The largest absolute Gasteiger partial charge is 0.463 e. The van der Waals surface area contributed by atoms with Crippen LogP contribution in [0.1, 0.15) is 36.5 Å². The molecule has 0 saturated carbocycles. The van der Waals surface area contributed by atoms with Crippen molar-refractivity contribution in [3.05, 3.63) is 74.8 Å². The second-order valence-electron chi connectivity index (χ2n) is 6.46. The van der Waals surface area contributed by atoms with Crippen LogP contribution in [-0.2, 0) is 22.8 Å². The van der Waals surface area contributed by atoms with Crippen LogP contribution in [-0.4, -0.2) is 17.1 Å². The second kappa shape index (κ2) is 7.18. The van der Waals surface area contributed by atoms with Crippen LogP contribution in [0.3, 0.4) is 0 Å². The number of nitrogens with one attached hydrogen (secondary N) is 1. The number of anilines is 1. The Kier molecular flexibility index (Phi) is 5.06. The smallest absolute Gasteiger partial charge is 0.416 e.